The van der Waals surface area contributed by atoms with E-state index in [9.17, 15) is 18.4 Å². The number of hydrogen-bond donors (Lipinski definition) is 1. The van der Waals surface area contributed by atoms with Crippen molar-refractivity contribution in [3.05, 3.63) is 18.5 Å². The first-order valence-electron chi connectivity index (χ1n) is 5.79. The summed E-state index contributed by atoms with van der Waals surface area (Å²) in [5.41, 5.74) is 0. The number of ether oxygens (including phenoxy) is 1. The molecule has 0 aromatic carbocycles. The monoisotopic (exact) mass is 275 g/mol. The minimum atomic E-state index is -4.15. The molecule has 6 nitrogen and oxygen atoms in total. The van der Waals surface area contributed by atoms with Gasteiger partial charge in [0.15, 0.2) is 0 Å². The quantitative estimate of drug-likeness (QED) is 0.449. The van der Waals surface area contributed by atoms with Gasteiger partial charge in [0.05, 0.1) is 6.61 Å². The van der Waals surface area contributed by atoms with Crippen molar-refractivity contribution < 1.29 is 23.1 Å². The highest BCUT2D eigenvalue weighted by atomic mass is 19.3. The number of alkyl halides is 2. The molecule has 0 aliphatic heterocycles. The molecule has 19 heavy (non-hydrogen) atoms. The van der Waals surface area contributed by atoms with E-state index in [-0.39, 0.29) is 13.2 Å². The fraction of sp³-hybridized carbons (Fsp3) is 0.545. The molecular formula is C11H15F2N3O3. The molecule has 0 aliphatic rings. The van der Waals surface area contributed by atoms with E-state index in [0.29, 0.717) is 13.0 Å². The van der Waals surface area contributed by atoms with Crippen LogP contribution >= 0.6 is 0 Å². The number of aryl methyl sites for hydroxylation is 1. The number of nitrogens with zero attached hydrogens (tertiary/aromatic N) is 2. The summed E-state index contributed by atoms with van der Waals surface area (Å²) < 4.78 is 32.1. The summed E-state index contributed by atoms with van der Waals surface area (Å²) in [7, 11) is 0. The Morgan fingerprint density at radius 2 is 2.21 bits per heavy atom. The summed E-state index contributed by atoms with van der Waals surface area (Å²) in [4.78, 5) is 22.0. The van der Waals surface area contributed by atoms with Crippen molar-refractivity contribution in [2.24, 2.45) is 0 Å². The Morgan fingerprint density at radius 3 is 2.79 bits per heavy atom. The number of amides is 1. The number of rotatable bonds is 7. The summed E-state index contributed by atoms with van der Waals surface area (Å²) >= 11 is 0. The van der Waals surface area contributed by atoms with E-state index in [0.717, 1.165) is 0 Å². The molecule has 1 aromatic rings. The van der Waals surface area contributed by atoms with Gasteiger partial charge in [-0.15, -0.1) is 0 Å². The summed E-state index contributed by atoms with van der Waals surface area (Å²) in [6.45, 7) is 1.68. The van der Waals surface area contributed by atoms with Gasteiger partial charge < -0.3 is 10.1 Å². The predicted octanol–water partition coefficient (Wildman–Crippen LogP) is 0.588. The zero-order valence-electron chi connectivity index (χ0n) is 10.4. The molecule has 0 unspecified atom stereocenters. The second kappa shape index (κ2) is 6.81. The molecule has 0 bridgehead atoms. The number of esters is 1. The van der Waals surface area contributed by atoms with Crippen LogP contribution in [0.4, 0.5) is 8.78 Å². The molecule has 0 aliphatic carbocycles. The van der Waals surface area contributed by atoms with Gasteiger partial charge in [0, 0.05) is 25.5 Å². The number of carbonyl (C=O) groups is 2. The number of halogens is 2. The first-order chi connectivity index (χ1) is 8.98. The predicted molar refractivity (Wildman–Crippen MR) is 61.4 cm³/mol. The van der Waals surface area contributed by atoms with Gasteiger partial charge in [-0.2, -0.15) is 13.9 Å². The molecule has 106 valence electrons. The van der Waals surface area contributed by atoms with Crippen molar-refractivity contribution in [2.45, 2.75) is 25.8 Å². The first kappa shape index (κ1) is 15.1. The van der Waals surface area contributed by atoms with E-state index >= 15 is 0 Å². The molecule has 1 rings (SSSR count). The Hall–Kier alpha value is -1.99. The van der Waals surface area contributed by atoms with Gasteiger partial charge >= 0.3 is 17.8 Å². The number of nitrogens with one attached hydrogen (secondary N) is 1. The van der Waals surface area contributed by atoms with Crippen molar-refractivity contribution in [3.63, 3.8) is 0 Å². The first-order valence-corrected chi connectivity index (χ1v) is 5.79. The van der Waals surface area contributed by atoms with Crippen LogP contribution in [-0.2, 0) is 20.9 Å². The standard InChI is InChI=1S/C11H15F2N3O3/c1-2-19-10(18)11(12,13)9(17)14-5-3-7-16-8-4-6-15-16/h4,6,8H,2-3,5,7H2,1H3,(H,14,17). The van der Waals surface area contributed by atoms with Crippen LogP contribution in [0.25, 0.3) is 0 Å². The minimum Gasteiger partial charge on any atom is -0.461 e. The van der Waals surface area contributed by atoms with Gasteiger partial charge in [-0.25, -0.2) is 4.79 Å². The molecule has 1 amide bonds. The highest BCUT2D eigenvalue weighted by Crippen LogP contribution is 2.15. The molecule has 0 fully saturated rings. The van der Waals surface area contributed by atoms with Crippen LogP contribution in [0.3, 0.4) is 0 Å². The topological polar surface area (TPSA) is 73.2 Å². The van der Waals surface area contributed by atoms with E-state index in [1.54, 1.807) is 23.1 Å². The van der Waals surface area contributed by atoms with Crippen LogP contribution in [0.5, 0.6) is 0 Å². The third-order valence-corrected chi connectivity index (χ3v) is 2.23. The maximum atomic E-state index is 13.2. The normalized spacial score (nSPS) is 11.1. The van der Waals surface area contributed by atoms with E-state index in [1.807, 2.05) is 5.32 Å². The van der Waals surface area contributed by atoms with E-state index in [2.05, 4.69) is 9.84 Å². The van der Waals surface area contributed by atoms with E-state index < -0.39 is 17.8 Å². The lowest BCUT2D eigenvalue weighted by atomic mass is 10.3. The second-order valence-electron chi connectivity index (χ2n) is 3.67. The highest BCUT2D eigenvalue weighted by Gasteiger charge is 2.48. The Morgan fingerprint density at radius 1 is 1.47 bits per heavy atom. The SMILES string of the molecule is CCOC(=O)C(F)(F)C(=O)NCCCn1cccn1. The Labute approximate surface area is 108 Å². The van der Waals surface area contributed by atoms with Crippen molar-refractivity contribution >= 4 is 11.9 Å². The fourth-order valence-corrected chi connectivity index (χ4v) is 1.30. The molecule has 1 heterocycles. The molecule has 0 spiro atoms. The second-order valence-corrected chi connectivity index (χ2v) is 3.67. The van der Waals surface area contributed by atoms with Crippen molar-refractivity contribution in [2.75, 3.05) is 13.2 Å². The van der Waals surface area contributed by atoms with Crippen molar-refractivity contribution in [3.8, 4) is 0 Å². The van der Waals surface area contributed by atoms with Crippen LogP contribution in [-0.4, -0.2) is 40.7 Å². The van der Waals surface area contributed by atoms with Gasteiger partial charge in [0.25, 0.3) is 0 Å². The Kier molecular flexibility index (Phi) is 5.40. The van der Waals surface area contributed by atoms with Gasteiger partial charge in [-0.1, -0.05) is 0 Å². The molecule has 0 saturated heterocycles. The van der Waals surface area contributed by atoms with Gasteiger partial charge in [0.1, 0.15) is 0 Å². The lowest BCUT2D eigenvalue weighted by Gasteiger charge is -2.14. The Bertz CT molecular complexity index is 421. The molecule has 1 N–H and O–H groups in total. The number of carbonyl (C=O) groups excluding carboxylic acids is 2. The van der Waals surface area contributed by atoms with Crippen LogP contribution in [0.1, 0.15) is 13.3 Å². The third-order valence-electron chi connectivity index (χ3n) is 2.23. The lowest BCUT2D eigenvalue weighted by molar-refractivity contribution is -0.177. The maximum Gasteiger partial charge on any atom is 0.418 e. The largest absolute Gasteiger partial charge is 0.461 e. The lowest BCUT2D eigenvalue weighted by Crippen LogP contribution is -2.47. The molecule has 1 aromatic heterocycles. The fourth-order valence-electron chi connectivity index (χ4n) is 1.30. The summed E-state index contributed by atoms with van der Waals surface area (Å²) in [5.74, 6) is -7.63. The van der Waals surface area contributed by atoms with Crippen molar-refractivity contribution in [1.82, 2.24) is 15.1 Å². The third kappa shape index (κ3) is 4.31. The van der Waals surface area contributed by atoms with Crippen LogP contribution in [0.2, 0.25) is 0 Å². The molecular weight excluding hydrogens is 260 g/mol. The number of aromatic nitrogens is 2. The summed E-state index contributed by atoms with van der Waals surface area (Å²) in [6, 6.07) is 1.73. The van der Waals surface area contributed by atoms with Gasteiger partial charge in [-0.05, 0) is 19.4 Å². The molecule has 0 radical (unpaired) electrons. The van der Waals surface area contributed by atoms with Crippen LogP contribution in [0, 0.1) is 0 Å². The highest BCUT2D eigenvalue weighted by molar-refractivity contribution is 6.04. The minimum absolute atomic E-state index is 0.0215. The zero-order valence-corrected chi connectivity index (χ0v) is 10.4. The van der Waals surface area contributed by atoms with Gasteiger partial charge in [0.2, 0.25) is 0 Å². The molecule has 0 atom stereocenters. The van der Waals surface area contributed by atoms with Crippen LogP contribution < -0.4 is 5.32 Å². The molecule has 8 heteroatoms. The van der Waals surface area contributed by atoms with Crippen molar-refractivity contribution in [1.29, 1.82) is 0 Å². The summed E-state index contributed by atoms with van der Waals surface area (Å²) in [6.07, 6.45) is 3.73. The average molecular weight is 275 g/mol. The molecule has 0 saturated carbocycles. The van der Waals surface area contributed by atoms with Crippen LogP contribution in [0.15, 0.2) is 18.5 Å². The zero-order chi connectivity index (χ0) is 14.3. The maximum absolute atomic E-state index is 13.2. The van der Waals surface area contributed by atoms with Gasteiger partial charge in [-0.3, -0.25) is 9.48 Å². The smallest absolute Gasteiger partial charge is 0.418 e. The average Bonchev–Trinajstić information content (AvgIpc) is 2.87. The van der Waals surface area contributed by atoms with E-state index in [4.69, 9.17) is 0 Å². The Balaban J connectivity index is 2.31. The van der Waals surface area contributed by atoms with E-state index in [1.165, 1.54) is 6.92 Å². The summed E-state index contributed by atoms with van der Waals surface area (Å²) in [5, 5.41) is 5.91. The number of hydrogen-bond acceptors (Lipinski definition) is 4.